The Bertz CT molecular complexity index is 323. The van der Waals surface area contributed by atoms with Gasteiger partial charge in [-0.2, -0.15) is 0 Å². The average Bonchev–Trinajstić information content (AvgIpc) is 2.59. The van der Waals surface area contributed by atoms with Crippen LogP contribution < -0.4 is 5.32 Å². The van der Waals surface area contributed by atoms with Gasteiger partial charge in [0.25, 0.3) is 0 Å². The fourth-order valence-electron chi connectivity index (χ4n) is 1.62. The number of thiazole rings is 1. The van der Waals surface area contributed by atoms with E-state index in [1.165, 1.54) is 9.88 Å². The summed E-state index contributed by atoms with van der Waals surface area (Å²) in [7, 11) is 0. The number of rotatable bonds is 6. The van der Waals surface area contributed by atoms with Gasteiger partial charge in [0.2, 0.25) is 0 Å². The lowest BCUT2D eigenvalue weighted by Crippen LogP contribution is -2.22. The van der Waals surface area contributed by atoms with Gasteiger partial charge < -0.3 is 10.4 Å². The van der Waals surface area contributed by atoms with Gasteiger partial charge in [0.05, 0.1) is 16.8 Å². The van der Waals surface area contributed by atoms with Crippen molar-refractivity contribution in [1.82, 2.24) is 10.3 Å². The first-order chi connectivity index (χ1) is 7.54. The van der Waals surface area contributed by atoms with Gasteiger partial charge >= 0.3 is 0 Å². The lowest BCUT2D eigenvalue weighted by Gasteiger charge is -2.13. The quantitative estimate of drug-likeness (QED) is 0.805. The van der Waals surface area contributed by atoms with Gasteiger partial charge in [0.1, 0.15) is 0 Å². The smallest absolute Gasteiger partial charge is 0.0928 e. The number of nitrogens with one attached hydrogen (secondary N) is 1. The molecule has 0 aliphatic carbocycles. The van der Waals surface area contributed by atoms with E-state index in [9.17, 15) is 5.11 Å². The van der Waals surface area contributed by atoms with Crippen LogP contribution in [0.1, 0.15) is 48.8 Å². The molecular weight excluding hydrogens is 220 g/mol. The van der Waals surface area contributed by atoms with Crippen LogP contribution >= 0.6 is 11.3 Å². The molecule has 1 aromatic rings. The van der Waals surface area contributed by atoms with E-state index in [1.807, 2.05) is 6.92 Å². The molecule has 4 heteroatoms. The molecular formula is C12H22N2OS. The monoisotopic (exact) mass is 242 g/mol. The zero-order chi connectivity index (χ0) is 12.1. The molecule has 0 bridgehead atoms. The van der Waals surface area contributed by atoms with E-state index < -0.39 is 0 Å². The van der Waals surface area contributed by atoms with Gasteiger partial charge in [0.15, 0.2) is 0 Å². The van der Waals surface area contributed by atoms with Crippen LogP contribution in [0.4, 0.5) is 0 Å². The molecule has 2 atom stereocenters. The standard InChI is InChI=1S/C12H22N2OS/c1-5-11-14-10(4)12(16-11)9(3)13-7-6-8(2)15/h8-9,13,15H,5-7H2,1-4H3. The molecule has 2 N–H and O–H groups in total. The summed E-state index contributed by atoms with van der Waals surface area (Å²) in [5.74, 6) is 0. The van der Waals surface area contributed by atoms with Crippen LogP contribution in [0.5, 0.6) is 0 Å². The molecule has 0 fully saturated rings. The molecule has 92 valence electrons. The van der Waals surface area contributed by atoms with Gasteiger partial charge in [-0.25, -0.2) is 4.98 Å². The van der Waals surface area contributed by atoms with Crippen LogP contribution in [-0.2, 0) is 6.42 Å². The van der Waals surface area contributed by atoms with Crippen molar-refractivity contribution in [2.24, 2.45) is 0 Å². The first-order valence-electron chi connectivity index (χ1n) is 5.92. The van der Waals surface area contributed by atoms with E-state index in [-0.39, 0.29) is 6.10 Å². The summed E-state index contributed by atoms with van der Waals surface area (Å²) in [4.78, 5) is 5.84. The normalized spacial score (nSPS) is 15.1. The topological polar surface area (TPSA) is 45.2 Å². The number of aryl methyl sites for hydroxylation is 2. The molecule has 0 aliphatic rings. The van der Waals surface area contributed by atoms with E-state index in [2.05, 4.69) is 31.1 Å². The first-order valence-corrected chi connectivity index (χ1v) is 6.73. The summed E-state index contributed by atoms with van der Waals surface area (Å²) in [5, 5.41) is 13.8. The molecule has 0 radical (unpaired) electrons. The van der Waals surface area contributed by atoms with Crippen molar-refractivity contribution in [2.45, 2.75) is 52.7 Å². The van der Waals surface area contributed by atoms with Crippen LogP contribution in [0, 0.1) is 6.92 Å². The molecule has 1 aromatic heterocycles. The summed E-state index contributed by atoms with van der Waals surface area (Å²) in [6.45, 7) is 9.02. The zero-order valence-electron chi connectivity index (χ0n) is 10.6. The molecule has 0 spiro atoms. The van der Waals surface area contributed by atoms with Gasteiger partial charge in [-0.3, -0.25) is 0 Å². The zero-order valence-corrected chi connectivity index (χ0v) is 11.4. The van der Waals surface area contributed by atoms with Crippen LogP contribution in [0.3, 0.4) is 0 Å². The molecule has 0 amide bonds. The fraction of sp³-hybridized carbons (Fsp3) is 0.750. The minimum absolute atomic E-state index is 0.228. The summed E-state index contributed by atoms with van der Waals surface area (Å²) in [5.41, 5.74) is 1.14. The van der Waals surface area contributed by atoms with Gasteiger partial charge in [-0.1, -0.05) is 6.92 Å². The molecule has 2 unspecified atom stereocenters. The Balaban J connectivity index is 2.51. The Labute approximate surface area is 102 Å². The van der Waals surface area contributed by atoms with Crippen LogP contribution in [0.15, 0.2) is 0 Å². The highest BCUT2D eigenvalue weighted by molar-refractivity contribution is 7.11. The third-order valence-corrected chi connectivity index (χ3v) is 4.07. The lowest BCUT2D eigenvalue weighted by molar-refractivity contribution is 0.182. The molecule has 16 heavy (non-hydrogen) atoms. The summed E-state index contributed by atoms with van der Waals surface area (Å²) >= 11 is 1.79. The van der Waals surface area contributed by atoms with Crippen molar-refractivity contribution >= 4 is 11.3 Å². The molecule has 0 saturated carbocycles. The predicted octanol–water partition coefficient (Wildman–Crippen LogP) is 2.44. The predicted molar refractivity (Wildman–Crippen MR) is 68.9 cm³/mol. The highest BCUT2D eigenvalue weighted by Gasteiger charge is 2.13. The molecule has 0 aliphatic heterocycles. The van der Waals surface area contributed by atoms with Crippen molar-refractivity contribution in [2.75, 3.05) is 6.54 Å². The van der Waals surface area contributed by atoms with Crippen LogP contribution in [0.2, 0.25) is 0 Å². The van der Waals surface area contributed by atoms with Crippen molar-refractivity contribution < 1.29 is 5.11 Å². The number of aliphatic hydroxyl groups excluding tert-OH is 1. The number of hydrogen-bond donors (Lipinski definition) is 2. The summed E-state index contributed by atoms with van der Waals surface area (Å²) in [6.07, 6.45) is 1.57. The van der Waals surface area contributed by atoms with Gasteiger partial charge in [0, 0.05) is 10.9 Å². The van der Waals surface area contributed by atoms with E-state index in [0.717, 1.165) is 25.1 Å². The van der Waals surface area contributed by atoms with Crippen molar-refractivity contribution in [3.05, 3.63) is 15.6 Å². The van der Waals surface area contributed by atoms with Crippen LogP contribution in [-0.4, -0.2) is 22.7 Å². The number of nitrogens with zero attached hydrogens (tertiary/aromatic N) is 1. The van der Waals surface area contributed by atoms with E-state index in [1.54, 1.807) is 11.3 Å². The molecule has 0 aromatic carbocycles. The maximum atomic E-state index is 9.18. The second-order valence-electron chi connectivity index (χ2n) is 4.22. The second kappa shape index (κ2) is 6.33. The number of aromatic nitrogens is 1. The highest BCUT2D eigenvalue weighted by Crippen LogP contribution is 2.25. The SMILES string of the molecule is CCc1nc(C)c(C(C)NCCC(C)O)s1. The molecule has 1 heterocycles. The number of aliphatic hydroxyl groups is 1. The Hall–Kier alpha value is -0.450. The van der Waals surface area contributed by atoms with E-state index >= 15 is 0 Å². The van der Waals surface area contributed by atoms with Gasteiger partial charge in [-0.15, -0.1) is 11.3 Å². The minimum Gasteiger partial charge on any atom is -0.393 e. The Morgan fingerprint density at radius 1 is 1.44 bits per heavy atom. The van der Waals surface area contributed by atoms with Crippen molar-refractivity contribution in [1.29, 1.82) is 0 Å². The molecule has 3 nitrogen and oxygen atoms in total. The maximum absolute atomic E-state index is 9.18. The summed E-state index contributed by atoms with van der Waals surface area (Å²) in [6, 6.07) is 0.330. The maximum Gasteiger partial charge on any atom is 0.0928 e. The fourth-order valence-corrected chi connectivity index (χ4v) is 2.65. The lowest BCUT2D eigenvalue weighted by atomic mass is 10.2. The Morgan fingerprint density at radius 2 is 2.12 bits per heavy atom. The molecule has 1 rings (SSSR count). The van der Waals surface area contributed by atoms with Crippen molar-refractivity contribution in [3.63, 3.8) is 0 Å². The third-order valence-electron chi connectivity index (χ3n) is 2.59. The number of hydrogen-bond acceptors (Lipinski definition) is 4. The summed E-state index contributed by atoms with van der Waals surface area (Å²) < 4.78 is 0. The highest BCUT2D eigenvalue weighted by atomic mass is 32.1. The largest absolute Gasteiger partial charge is 0.393 e. The van der Waals surface area contributed by atoms with E-state index in [4.69, 9.17) is 0 Å². The van der Waals surface area contributed by atoms with Gasteiger partial charge in [-0.05, 0) is 40.2 Å². The van der Waals surface area contributed by atoms with Crippen LogP contribution in [0.25, 0.3) is 0 Å². The minimum atomic E-state index is -0.228. The Morgan fingerprint density at radius 3 is 2.62 bits per heavy atom. The third kappa shape index (κ3) is 3.85. The average molecular weight is 242 g/mol. The first kappa shape index (κ1) is 13.6. The molecule has 0 saturated heterocycles. The van der Waals surface area contributed by atoms with E-state index in [0.29, 0.717) is 6.04 Å². The van der Waals surface area contributed by atoms with Crippen molar-refractivity contribution in [3.8, 4) is 0 Å². The second-order valence-corrected chi connectivity index (χ2v) is 5.34. The Kier molecular flexibility index (Phi) is 5.38.